The molecule has 0 spiro atoms. The van der Waals surface area contributed by atoms with E-state index in [0.717, 1.165) is 13.1 Å². The maximum absolute atomic E-state index is 11.2. The molecule has 0 fully saturated rings. The van der Waals surface area contributed by atoms with E-state index < -0.39 is 9.84 Å². The Bertz CT molecular complexity index is 431. The largest absolute Gasteiger partial charge is 0.383 e. The molecule has 1 aromatic rings. The first-order valence-electron chi connectivity index (χ1n) is 5.94. The first kappa shape index (κ1) is 15.1. The average Bonchev–Trinajstić information content (AvgIpc) is 2.33. The zero-order valence-corrected chi connectivity index (χ0v) is 11.8. The molecule has 102 valence electrons. The van der Waals surface area contributed by atoms with Gasteiger partial charge < -0.3 is 4.74 Å². The Balaban J connectivity index is 2.55. The van der Waals surface area contributed by atoms with Crippen molar-refractivity contribution in [3.8, 4) is 0 Å². The summed E-state index contributed by atoms with van der Waals surface area (Å²) in [6, 6.07) is 10.0. The van der Waals surface area contributed by atoms with E-state index in [-0.39, 0.29) is 5.75 Å². The van der Waals surface area contributed by atoms with Crippen molar-refractivity contribution in [2.24, 2.45) is 0 Å². The second-order valence-corrected chi connectivity index (χ2v) is 6.64. The molecule has 0 unspecified atom stereocenters. The molecule has 0 saturated heterocycles. The van der Waals surface area contributed by atoms with Crippen LogP contribution >= 0.6 is 0 Å². The SMILES string of the molecule is COCCN(CCS(C)(=O)=O)Cc1ccccc1. The lowest BCUT2D eigenvalue weighted by molar-refractivity contribution is 0.148. The standard InChI is InChI=1S/C13H21NO3S/c1-17-10-8-14(9-11-18(2,15)16)12-13-6-4-3-5-7-13/h3-7H,8-12H2,1-2H3. The van der Waals surface area contributed by atoms with E-state index in [1.165, 1.54) is 11.8 Å². The Morgan fingerprint density at radius 1 is 1.17 bits per heavy atom. The maximum Gasteiger partial charge on any atom is 0.148 e. The van der Waals surface area contributed by atoms with Gasteiger partial charge in [0, 0.05) is 33.0 Å². The van der Waals surface area contributed by atoms with Crippen LogP contribution in [0.4, 0.5) is 0 Å². The zero-order valence-electron chi connectivity index (χ0n) is 11.0. The van der Waals surface area contributed by atoms with Gasteiger partial charge in [0.1, 0.15) is 9.84 Å². The smallest absolute Gasteiger partial charge is 0.148 e. The van der Waals surface area contributed by atoms with Gasteiger partial charge in [0.25, 0.3) is 0 Å². The van der Waals surface area contributed by atoms with E-state index >= 15 is 0 Å². The Kier molecular flexibility index (Phi) is 6.32. The van der Waals surface area contributed by atoms with Crippen molar-refractivity contribution in [2.75, 3.05) is 38.8 Å². The Morgan fingerprint density at radius 2 is 1.83 bits per heavy atom. The number of benzene rings is 1. The molecule has 0 aliphatic heterocycles. The van der Waals surface area contributed by atoms with Gasteiger partial charge in [0.15, 0.2) is 0 Å². The summed E-state index contributed by atoms with van der Waals surface area (Å²) in [5.74, 6) is 0.184. The van der Waals surface area contributed by atoms with Gasteiger partial charge in [-0.15, -0.1) is 0 Å². The summed E-state index contributed by atoms with van der Waals surface area (Å²) in [4.78, 5) is 2.10. The van der Waals surface area contributed by atoms with E-state index in [1.807, 2.05) is 30.3 Å². The minimum Gasteiger partial charge on any atom is -0.383 e. The minimum absolute atomic E-state index is 0.184. The fraction of sp³-hybridized carbons (Fsp3) is 0.538. The van der Waals surface area contributed by atoms with Crippen molar-refractivity contribution in [1.29, 1.82) is 0 Å². The van der Waals surface area contributed by atoms with Crippen LogP contribution in [0.25, 0.3) is 0 Å². The third-order valence-corrected chi connectivity index (χ3v) is 3.56. The number of nitrogens with zero attached hydrogens (tertiary/aromatic N) is 1. The van der Waals surface area contributed by atoms with Crippen LogP contribution in [-0.2, 0) is 21.1 Å². The first-order chi connectivity index (χ1) is 8.51. The van der Waals surface area contributed by atoms with E-state index in [0.29, 0.717) is 13.2 Å². The number of hydrogen-bond acceptors (Lipinski definition) is 4. The number of rotatable bonds is 8. The highest BCUT2D eigenvalue weighted by molar-refractivity contribution is 7.90. The van der Waals surface area contributed by atoms with Gasteiger partial charge in [0.05, 0.1) is 12.4 Å². The predicted octanol–water partition coefficient (Wildman–Crippen LogP) is 1.18. The van der Waals surface area contributed by atoms with Gasteiger partial charge in [-0.2, -0.15) is 0 Å². The zero-order chi connectivity index (χ0) is 13.4. The summed E-state index contributed by atoms with van der Waals surface area (Å²) in [6.45, 7) is 2.63. The Morgan fingerprint density at radius 3 is 2.39 bits per heavy atom. The minimum atomic E-state index is -2.92. The van der Waals surface area contributed by atoms with Crippen molar-refractivity contribution in [3.05, 3.63) is 35.9 Å². The fourth-order valence-corrected chi connectivity index (χ4v) is 2.22. The molecule has 18 heavy (non-hydrogen) atoms. The summed E-state index contributed by atoms with van der Waals surface area (Å²) >= 11 is 0. The van der Waals surface area contributed by atoms with Crippen molar-refractivity contribution in [2.45, 2.75) is 6.54 Å². The lowest BCUT2D eigenvalue weighted by Gasteiger charge is -2.21. The average molecular weight is 271 g/mol. The number of sulfone groups is 1. The topological polar surface area (TPSA) is 46.6 Å². The molecule has 0 heterocycles. The highest BCUT2D eigenvalue weighted by Crippen LogP contribution is 2.04. The molecule has 1 aromatic carbocycles. The molecule has 0 amide bonds. The third-order valence-electron chi connectivity index (χ3n) is 2.64. The molecule has 0 atom stereocenters. The van der Waals surface area contributed by atoms with Crippen molar-refractivity contribution in [3.63, 3.8) is 0 Å². The van der Waals surface area contributed by atoms with Crippen molar-refractivity contribution in [1.82, 2.24) is 4.90 Å². The van der Waals surface area contributed by atoms with Crippen LogP contribution in [0.1, 0.15) is 5.56 Å². The van der Waals surface area contributed by atoms with Crippen LogP contribution in [-0.4, -0.2) is 52.1 Å². The number of methoxy groups -OCH3 is 1. The van der Waals surface area contributed by atoms with E-state index in [4.69, 9.17) is 4.74 Å². The van der Waals surface area contributed by atoms with Crippen LogP contribution in [0.15, 0.2) is 30.3 Å². The van der Waals surface area contributed by atoms with Crippen molar-refractivity contribution >= 4 is 9.84 Å². The Hall–Kier alpha value is -0.910. The summed E-state index contributed by atoms with van der Waals surface area (Å²) < 4.78 is 27.5. The lowest BCUT2D eigenvalue weighted by atomic mass is 10.2. The van der Waals surface area contributed by atoms with E-state index in [2.05, 4.69) is 4.90 Å². The van der Waals surface area contributed by atoms with Crippen LogP contribution in [0.3, 0.4) is 0 Å². The van der Waals surface area contributed by atoms with Gasteiger partial charge >= 0.3 is 0 Å². The van der Waals surface area contributed by atoms with Gasteiger partial charge in [-0.1, -0.05) is 30.3 Å². The number of ether oxygens (including phenoxy) is 1. The maximum atomic E-state index is 11.2. The molecular weight excluding hydrogens is 250 g/mol. The van der Waals surface area contributed by atoms with Crippen LogP contribution in [0.2, 0.25) is 0 Å². The molecule has 0 radical (unpaired) electrons. The van der Waals surface area contributed by atoms with Gasteiger partial charge in [-0.3, -0.25) is 4.90 Å². The molecule has 0 saturated carbocycles. The predicted molar refractivity (Wildman–Crippen MR) is 73.3 cm³/mol. The molecule has 0 bridgehead atoms. The molecule has 1 rings (SSSR count). The molecule has 0 N–H and O–H groups in total. The molecule has 4 nitrogen and oxygen atoms in total. The van der Waals surface area contributed by atoms with Gasteiger partial charge in [0.2, 0.25) is 0 Å². The molecular formula is C13H21NO3S. The highest BCUT2D eigenvalue weighted by atomic mass is 32.2. The van der Waals surface area contributed by atoms with Gasteiger partial charge in [-0.05, 0) is 5.56 Å². The summed E-state index contributed by atoms with van der Waals surface area (Å²) in [6.07, 6.45) is 1.27. The molecule has 5 heteroatoms. The third kappa shape index (κ3) is 6.74. The second-order valence-electron chi connectivity index (χ2n) is 4.38. The van der Waals surface area contributed by atoms with E-state index in [1.54, 1.807) is 7.11 Å². The van der Waals surface area contributed by atoms with Crippen LogP contribution in [0, 0.1) is 0 Å². The fourth-order valence-electron chi connectivity index (χ4n) is 1.63. The van der Waals surface area contributed by atoms with E-state index in [9.17, 15) is 8.42 Å². The first-order valence-corrected chi connectivity index (χ1v) is 8.00. The second kappa shape index (κ2) is 7.51. The van der Waals surface area contributed by atoms with Crippen molar-refractivity contribution < 1.29 is 13.2 Å². The summed E-state index contributed by atoms with van der Waals surface area (Å²) in [7, 11) is -1.27. The molecule has 0 aliphatic carbocycles. The lowest BCUT2D eigenvalue weighted by Crippen LogP contribution is -2.31. The molecule has 0 aliphatic rings. The monoisotopic (exact) mass is 271 g/mol. The van der Waals surface area contributed by atoms with Crippen LogP contribution < -0.4 is 0 Å². The van der Waals surface area contributed by atoms with Crippen LogP contribution in [0.5, 0.6) is 0 Å². The number of hydrogen-bond donors (Lipinski definition) is 0. The summed E-state index contributed by atoms with van der Waals surface area (Å²) in [5.41, 5.74) is 1.18. The summed E-state index contributed by atoms with van der Waals surface area (Å²) in [5, 5.41) is 0. The Labute approximate surface area is 109 Å². The normalized spacial score (nSPS) is 11.9. The quantitative estimate of drug-likeness (QED) is 0.712. The molecule has 0 aromatic heterocycles. The van der Waals surface area contributed by atoms with Gasteiger partial charge in [-0.25, -0.2) is 8.42 Å². The highest BCUT2D eigenvalue weighted by Gasteiger charge is 2.09.